The highest BCUT2D eigenvalue weighted by Gasteiger charge is 2.13. The lowest BCUT2D eigenvalue weighted by molar-refractivity contribution is 0.102. The molecule has 24 heavy (non-hydrogen) atoms. The van der Waals surface area contributed by atoms with Crippen molar-refractivity contribution in [3.05, 3.63) is 78.2 Å². The normalized spacial score (nSPS) is 10.2. The molecule has 0 spiro atoms. The lowest BCUT2D eigenvalue weighted by Gasteiger charge is -2.12. The second-order valence-corrected chi connectivity index (χ2v) is 5.01. The zero-order valence-electron chi connectivity index (χ0n) is 12.5. The number of aromatic nitrogens is 1. The molecule has 5 nitrogen and oxygen atoms in total. The fourth-order valence-electron chi connectivity index (χ4n) is 2.12. The summed E-state index contributed by atoms with van der Waals surface area (Å²) in [6.07, 6.45) is 1.57. The molecule has 2 aromatic carbocycles. The molecule has 1 aromatic heterocycles. The summed E-state index contributed by atoms with van der Waals surface area (Å²) in [6.45, 7) is 0. The van der Waals surface area contributed by atoms with Crippen LogP contribution >= 0.6 is 0 Å². The van der Waals surface area contributed by atoms with Gasteiger partial charge in [-0.05, 0) is 48.5 Å². The molecular weight excluding hydrogens is 309 g/mol. The number of nitrogens with zero attached hydrogens (tertiary/aromatic N) is 1. The summed E-state index contributed by atoms with van der Waals surface area (Å²) < 4.78 is 13.7. The summed E-state index contributed by atoms with van der Waals surface area (Å²) in [5.41, 5.74) is 1.06. The van der Waals surface area contributed by atoms with Crippen LogP contribution in [0.1, 0.15) is 10.4 Å². The SMILES string of the molecule is O=C(Nc1cccnc1Nc1ccc(O)cc1)c1ccccc1F. The van der Waals surface area contributed by atoms with Gasteiger partial charge in [-0.1, -0.05) is 12.1 Å². The van der Waals surface area contributed by atoms with E-state index in [1.54, 1.807) is 36.5 Å². The van der Waals surface area contributed by atoms with Crippen molar-refractivity contribution in [2.24, 2.45) is 0 Å². The molecule has 6 heteroatoms. The first-order valence-corrected chi connectivity index (χ1v) is 7.20. The van der Waals surface area contributed by atoms with Gasteiger partial charge in [-0.2, -0.15) is 0 Å². The molecule has 1 heterocycles. The number of carbonyl (C=O) groups is 1. The number of hydrogen-bond donors (Lipinski definition) is 3. The predicted octanol–water partition coefficient (Wildman–Crippen LogP) is 3.92. The lowest BCUT2D eigenvalue weighted by atomic mass is 10.2. The molecule has 0 saturated carbocycles. The molecule has 0 fully saturated rings. The number of phenols is 1. The highest BCUT2D eigenvalue weighted by Crippen LogP contribution is 2.24. The minimum absolute atomic E-state index is 0.0445. The number of pyridine rings is 1. The Kier molecular flexibility index (Phi) is 4.38. The Morgan fingerprint density at radius 1 is 1.00 bits per heavy atom. The number of halogens is 1. The number of aromatic hydroxyl groups is 1. The van der Waals surface area contributed by atoms with E-state index in [-0.39, 0.29) is 11.3 Å². The van der Waals surface area contributed by atoms with Gasteiger partial charge in [0.05, 0.1) is 11.3 Å². The van der Waals surface area contributed by atoms with Gasteiger partial charge in [0, 0.05) is 11.9 Å². The minimum Gasteiger partial charge on any atom is -0.508 e. The molecule has 0 aliphatic rings. The highest BCUT2D eigenvalue weighted by atomic mass is 19.1. The molecule has 3 N–H and O–H groups in total. The standard InChI is InChI=1S/C18H14FN3O2/c19-15-5-2-1-4-14(15)18(24)22-16-6-3-11-20-17(16)21-12-7-9-13(23)10-8-12/h1-11,23H,(H,20,21)(H,22,24). The Bertz CT molecular complexity index is 866. The van der Waals surface area contributed by atoms with Crippen LogP contribution in [0.2, 0.25) is 0 Å². The quantitative estimate of drug-likeness (QED) is 0.636. The molecule has 0 bridgehead atoms. The van der Waals surface area contributed by atoms with Gasteiger partial charge in [-0.3, -0.25) is 4.79 Å². The van der Waals surface area contributed by atoms with E-state index in [1.807, 2.05) is 0 Å². The molecule has 3 aromatic rings. The summed E-state index contributed by atoms with van der Waals surface area (Å²) in [5.74, 6) is -0.593. The van der Waals surface area contributed by atoms with Gasteiger partial charge in [0.15, 0.2) is 5.82 Å². The maximum atomic E-state index is 13.7. The largest absolute Gasteiger partial charge is 0.508 e. The maximum absolute atomic E-state index is 13.7. The summed E-state index contributed by atoms with van der Waals surface area (Å²) in [4.78, 5) is 16.4. The fourth-order valence-corrected chi connectivity index (χ4v) is 2.12. The van der Waals surface area contributed by atoms with E-state index in [1.165, 1.54) is 30.3 Å². The van der Waals surface area contributed by atoms with Crippen molar-refractivity contribution in [3.8, 4) is 5.75 Å². The molecule has 0 aliphatic heterocycles. The Morgan fingerprint density at radius 2 is 1.75 bits per heavy atom. The molecule has 120 valence electrons. The molecule has 0 atom stereocenters. The zero-order valence-corrected chi connectivity index (χ0v) is 12.5. The Labute approximate surface area is 137 Å². The van der Waals surface area contributed by atoms with Gasteiger partial charge in [-0.25, -0.2) is 9.37 Å². The van der Waals surface area contributed by atoms with E-state index >= 15 is 0 Å². The van der Waals surface area contributed by atoms with Crippen LogP contribution < -0.4 is 10.6 Å². The smallest absolute Gasteiger partial charge is 0.258 e. The molecule has 0 aliphatic carbocycles. The average Bonchev–Trinajstić information content (AvgIpc) is 2.59. The minimum atomic E-state index is -0.591. The number of nitrogens with one attached hydrogen (secondary N) is 2. The van der Waals surface area contributed by atoms with Gasteiger partial charge < -0.3 is 15.7 Å². The van der Waals surface area contributed by atoms with E-state index in [2.05, 4.69) is 15.6 Å². The van der Waals surface area contributed by atoms with Crippen LogP contribution in [-0.2, 0) is 0 Å². The van der Waals surface area contributed by atoms with Crippen molar-refractivity contribution in [2.45, 2.75) is 0 Å². The van der Waals surface area contributed by atoms with E-state index in [0.29, 0.717) is 17.2 Å². The van der Waals surface area contributed by atoms with E-state index < -0.39 is 11.7 Å². The van der Waals surface area contributed by atoms with Gasteiger partial charge in [0.2, 0.25) is 0 Å². The molecule has 0 saturated heterocycles. The molecule has 0 unspecified atom stereocenters. The van der Waals surface area contributed by atoms with Gasteiger partial charge in [-0.15, -0.1) is 0 Å². The van der Waals surface area contributed by atoms with Crippen molar-refractivity contribution in [2.75, 3.05) is 10.6 Å². The predicted molar refractivity (Wildman–Crippen MR) is 90.0 cm³/mol. The fraction of sp³-hybridized carbons (Fsp3) is 0. The Balaban J connectivity index is 1.83. The third kappa shape index (κ3) is 3.49. The summed E-state index contributed by atoms with van der Waals surface area (Å²) in [5, 5.41) is 15.0. The second-order valence-electron chi connectivity index (χ2n) is 5.01. The van der Waals surface area contributed by atoms with Crippen molar-refractivity contribution < 1.29 is 14.3 Å². The monoisotopic (exact) mass is 323 g/mol. The van der Waals surface area contributed by atoms with Crippen molar-refractivity contribution in [1.29, 1.82) is 0 Å². The number of amides is 1. The maximum Gasteiger partial charge on any atom is 0.258 e. The number of hydrogen-bond acceptors (Lipinski definition) is 4. The lowest BCUT2D eigenvalue weighted by Crippen LogP contribution is -2.15. The first-order valence-electron chi connectivity index (χ1n) is 7.20. The van der Waals surface area contributed by atoms with E-state index in [0.717, 1.165) is 0 Å². The van der Waals surface area contributed by atoms with Gasteiger partial charge >= 0.3 is 0 Å². The van der Waals surface area contributed by atoms with E-state index in [4.69, 9.17) is 0 Å². The first-order chi connectivity index (χ1) is 11.6. The van der Waals surface area contributed by atoms with Crippen molar-refractivity contribution >= 4 is 23.1 Å². The average molecular weight is 323 g/mol. The first kappa shape index (κ1) is 15.5. The summed E-state index contributed by atoms with van der Waals surface area (Å²) >= 11 is 0. The third-order valence-electron chi connectivity index (χ3n) is 3.30. The van der Waals surface area contributed by atoms with Gasteiger partial charge in [0.1, 0.15) is 11.6 Å². The van der Waals surface area contributed by atoms with Gasteiger partial charge in [0.25, 0.3) is 5.91 Å². The number of benzene rings is 2. The zero-order chi connectivity index (χ0) is 16.9. The van der Waals surface area contributed by atoms with Crippen LogP contribution in [0.3, 0.4) is 0 Å². The van der Waals surface area contributed by atoms with Crippen LogP contribution in [0.5, 0.6) is 5.75 Å². The van der Waals surface area contributed by atoms with Crippen LogP contribution in [0.25, 0.3) is 0 Å². The Morgan fingerprint density at radius 3 is 2.50 bits per heavy atom. The van der Waals surface area contributed by atoms with Crippen LogP contribution in [0.4, 0.5) is 21.6 Å². The second kappa shape index (κ2) is 6.78. The summed E-state index contributed by atoms with van der Waals surface area (Å²) in [7, 11) is 0. The number of anilines is 3. The number of carbonyl (C=O) groups excluding carboxylic acids is 1. The van der Waals surface area contributed by atoms with Crippen LogP contribution in [-0.4, -0.2) is 16.0 Å². The number of rotatable bonds is 4. The number of phenolic OH excluding ortho intramolecular Hbond substituents is 1. The molecular formula is C18H14FN3O2. The molecule has 0 radical (unpaired) electrons. The van der Waals surface area contributed by atoms with Crippen LogP contribution in [0.15, 0.2) is 66.9 Å². The van der Waals surface area contributed by atoms with Crippen molar-refractivity contribution in [1.82, 2.24) is 4.98 Å². The third-order valence-corrected chi connectivity index (χ3v) is 3.30. The van der Waals surface area contributed by atoms with Crippen molar-refractivity contribution in [3.63, 3.8) is 0 Å². The molecule has 1 amide bonds. The Hall–Kier alpha value is -3.41. The topological polar surface area (TPSA) is 74.2 Å². The molecule has 3 rings (SSSR count). The van der Waals surface area contributed by atoms with Crippen LogP contribution in [0, 0.1) is 5.82 Å². The highest BCUT2D eigenvalue weighted by molar-refractivity contribution is 6.05. The van der Waals surface area contributed by atoms with E-state index in [9.17, 15) is 14.3 Å². The summed E-state index contributed by atoms with van der Waals surface area (Å²) in [6, 6.07) is 15.5.